The van der Waals surface area contributed by atoms with E-state index in [9.17, 15) is 48.5 Å². The van der Waals surface area contributed by atoms with E-state index in [2.05, 4.69) is 35.0 Å². The molecule has 2 aliphatic heterocycles. The summed E-state index contributed by atoms with van der Waals surface area (Å²) in [5.74, 6) is -3.67. The van der Waals surface area contributed by atoms with Crippen LogP contribution in [0.1, 0.15) is 126 Å². The second-order valence-electron chi connectivity index (χ2n) is 19.6. The third kappa shape index (κ3) is 15.6. The Morgan fingerprint density at radius 3 is 2.11 bits per heavy atom. The summed E-state index contributed by atoms with van der Waals surface area (Å²) in [6.07, 6.45) is 5.80. The molecular weight excluding hydrogens is 955 g/mol. The number of benzene rings is 2. The first-order chi connectivity index (χ1) is 35.1. The van der Waals surface area contributed by atoms with Crippen molar-refractivity contribution < 1.29 is 52.8 Å². The van der Waals surface area contributed by atoms with Crippen LogP contribution in [0.2, 0.25) is 0 Å². The molecule has 2 aromatic rings. The number of hydrogen-bond acceptors (Lipinski definition) is 13. The fourth-order valence-electron chi connectivity index (χ4n) is 9.68. The highest BCUT2D eigenvalue weighted by molar-refractivity contribution is 6.13. The number of nitrogens with one attached hydrogen (secondary N) is 3. The van der Waals surface area contributed by atoms with Crippen molar-refractivity contribution in [2.24, 2.45) is 22.9 Å². The topological polar surface area (TPSA) is 260 Å². The first-order valence-electron chi connectivity index (χ1n) is 25.3. The van der Waals surface area contributed by atoms with Gasteiger partial charge in [-0.25, -0.2) is 5.43 Å². The summed E-state index contributed by atoms with van der Waals surface area (Å²) < 4.78 is 11.7. The molecule has 0 spiro atoms. The van der Waals surface area contributed by atoms with Crippen LogP contribution in [0.25, 0.3) is 0 Å². The fraction of sp³-hybridized carbons (Fsp3) is 0.566. The molecule has 21 heteroatoms. The van der Waals surface area contributed by atoms with Crippen molar-refractivity contribution in [3.8, 4) is 0 Å². The van der Waals surface area contributed by atoms with Crippen LogP contribution in [0.15, 0.2) is 59.7 Å². The summed E-state index contributed by atoms with van der Waals surface area (Å²) in [5.41, 5.74) is 2.63. The normalized spacial score (nSPS) is 16.7. The highest BCUT2D eigenvalue weighted by Gasteiger charge is 2.40. The molecule has 404 valence electrons. The molecule has 6 unspecified atom stereocenters. The molecule has 4 rings (SSSR count). The molecule has 1 fully saturated rings. The lowest BCUT2D eigenvalue weighted by atomic mass is 9.90. The maximum absolute atomic E-state index is 13.8. The van der Waals surface area contributed by atoms with Crippen LogP contribution < -0.4 is 16.1 Å². The summed E-state index contributed by atoms with van der Waals surface area (Å²) in [4.78, 5) is 121. The van der Waals surface area contributed by atoms with Crippen LogP contribution in [0.5, 0.6) is 0 Å². The van der Waals surface area contributed by atoms with E-state index in [1.807, 2.05) is 18.7 Å². The number of anilines is 1. The number of ether oxygens (including phenoxy) is 2. The van der Waals surface area contributed by atoms with Gasteiger partial charge < -0.3 is 34.8 Å². The number of nitro benzene ring substituents is 1. The minimum absolute atomic E-state index is 0.0470. The maximum atomic E-state index is 13.8. The summed E-state index contributed by atoms with van der Waals surface area (Å²) in [5, 5.41) is 21.4. The van der Waals surface area contributed by atoms with E-state index < -0.39 is 52.4 Å². The van der Waals surface area contributed by atoms with Gasteiger partial charge in [-0.2, -0.15) is 5.10 Å². The highest BCUT2D eigenvalue weighted by atomic mass is 16.6. The molecule has 74 heavy (non-hydrogen) atoms. The van der Waals surface area contributed by atoms with E-state index in [0.717, 1.165) is 23.8 Å². The predicted octanol–water partition coefficient (Wildman–Crippen LogP) is 5.33. The van der Waals surface area contributed by atoms with Crippen LogP contribution in [0.3, 0.4) is 0 Å². The number of hydrogen-bond donors (Lipinski definition) is 3. The summed E-state index contributed by atoms with van der Waals surface area (Å²) in [6, 6.07) is 8.41. The Kier molecular flexibility index (Phi) is 22.6. The zero-order valence-corrected chi connectivity index (χ0v) is 44.7. The van der Waals surface area contributed by atoms with Gasteiger partial charge in [-0.05, 0) is 80.2 Å². The Morgan fingerprint density at radius 1 is 0.878 bits per heavy atom. The first kappa shape index (κ1) is 59.7. The van der Waals surface area contributed by atoms with Gasteiger partial charge >= 0.3 is 0 Å². The largest absolute Gasteiger partial charge is 0.379 e. The monoisotopic (exact) mass is 1030 g/mol. The summed E-state index contributed by atoms with van der Waals surface area (Å²) >= 11 is 0. The van der Waals surface area contributed by atoms with E-state index in [1.54, 1.807) is 52.0 Å². The van der Waals surface area contributed by atoms with Crippen LogP contribution >= 0.6 is 0 Å². The third-order valence-electron chi connectivity index (χ3n) is 13.9. The van der Waals surface area contributed by atoms with Crippen molar-refractivity contribution in [3.63, 3.8) is 0 Å². The number of likely N-dealkylation sites (N-methyl/N-ethyl adjacent to an activating group) is 2. The van der Waals surface area contributed by atoms with Gasteiger partial charge in [0.25, 0.3) is 29.3 Å². The van der Waals surface area contributed by atoms with E-state index in [-0.39, 0.29) is 96.3 Å². The number of imide groups is 1. The maximum Gasteiger partial charge on any atom is 0.284 e. The van der Waals surface area contributed by atoms with Gasteiger partial charge in [-0.1, -0.05) is 66.5 Å². The molecule has 8 amide bonds. The first-order valence-corrected chi connectivity index (χ1v) is 25.3. The smallest absolute Gasteiger partial charge is 0.284 e. The Morgan fingerprint density at radius 2 is 1.53 bits per heavy atom. The number of hydrazone groups is 1. The molecule has 0 aliphatic carbocycles. The molecular formula is C53H75N9O12. The lowest BCUT2D eigenvalue weighted by Gasteiger charge is -2.39. The van der Waals surface area contributed by atoms with Crippen molar-refractivity contribution in [1.82, 2.24) is 30.3 Å². The Hall–Kier alpha value is -6.87. The standard InChI is InChI=1S/C53H75N9O12/c1-12-34(6)49(42(73-10)30-46(66)60-28-16-17-40(60)50(74-11)33(4)5)58(8)47(67)31-54-52(69)48(32(2)3)59(9)53(70)37-21-19-36(20-22-37)35(7)56-57-51(68)39-24-23-38(29-41(39)62(71)72)55-43(63)18-14-13-15-27-61-44(64)25-26-45(61)65/h19-26,29,32-34,40,42,48-50H,12-18,27-28,30-31H2,1-11H3,(H,54,69)(H,55,63)(H,57,68)/b56-35+. The molecule has 3 N–H and O–H groups in total. The second-order valence-corrected chi connectivity index (χ2v) is 19.6. The predicted molar refractivity (Wildman–Crippen MR) is 278 cm³/mol. The Balaban J connectivity index is 1.33. The molecule has 6 atom stereocenters. The van der Waals surface area contributed by atoms with Crippen molar-refractivity contribution in [1.29, 1.82) is 0 Å². The average Bonchev–Trinajstić information content (AvgIpc) is 3.98. The molecule has 0 radical (unpaired) electrons. The van der Waals surface area contributed by atoms with Gasteiger partial charge in [0.1, 0.15) is 11.6 Å². The number of unbranched alkanes of at least 4 members (excludes halogenated alkanes) is 2. The van der Waals surface area contributed by atoms with E-state index in [0.29, 0.717) is 43.5 Å². The molecule has 0 bridgehead atoms. The molecule has 1 saturated heterocycles. The lowest BCUT2D eigenvalue weighted by molar-refractivity contribution is -0.385. The van der Waals surface area contributed by atoms with Crippen LogP contribution in [0.4, 0.5) is 11.4 Å². The average molecular weight is 1030 g/mol. The van der Waals surface area contributed by atoms with E-state index in [4.69, 9.17) is 9.47 Å². The zero-order valence-electron chi connectivity index (χ0n) is 44.7. The minimum atomic E-state index is -0.958. The van der Waals surface area contributed by atoms with Crippen LogP contribution in [-0.4, -0.2) is 156 Å². The molecule has 2 aromatic carbocycles. The number of likely N-dealkylation sites (tertiary alicyclic amines) is 1. The van der Waals surface area contributed by atoms with Gasteiger partial charge in [0.15, 0.2) is 0 Å². The van der Waals surface area contributed by atoms with Gasteiger partial charge in [0.2, 0.25) is 23.6 Å². The fourth-order valence-corrected chi connectivity index (χ4v) is 9.68. The number of methoxy groups -OCH3 is 2. The number of nitro groups is 1. The van der Waals surface area contributed by atoms with Crippen LogP contribution in [0, 0.1) is 27.9 Å². The molecule has 0 saturated carbocycles. The SMILES string of the molecule is CCC(C)C(C(CC(=O)N1CCCC1C(OC)C(C)C)OC)N(C)C(=O)CNC(=O)C(C(C)C)N(C)C(=O)c1ccc(/C(C)=N/NC(=O)c2ccc(NC(=O)CCCCCN3C(=O)C=CC3=O)cc2[N+](=O)[O-])cc1. The molecule has 2 heterocycles. The van der Waals surface area contributed by atoms with Crippen molar-refractivity contribution >= 4 is 64.3 Å². The molecule has 0 aromatic heterocycles. The van der Waals surface area contributed by atoms with E-state index >= 15 is 0 Å². The third-order valence-corrected chi connectivity index (χ3v) is 13.9. The minimum Gasteiger partial charge on any atom is -0.379 e. The summed E-state index contributed by atoms with van der Waals surface area (Å²) in [7, 11) is 6.36. The number of carbonyl (C=O) groups is 8. The number of carbonyl (C=O) groups excluding carboxylic acids is 8. The second kappa shape index (κ2) is 28.0. The zero-order chi connectivity index (χ0) is 55.0. The Labute approximate surface area is 433 Å². The van der Waals surface area contributed by atoms with Gasteiger partial charge in [0.05, 0.1) is 47.9 Å². The molecule has 2 aliphatic rings. The number of rotatable bonds is 27. The van der Waals surface area contributed by atoms with E-state index in [1.165, 1.54) is 55.5 Å². The van der Waals surface area contributed by atoms with Gasteiger partial charge in [-0.15, -0.1) is 0 Å². The van der Waals surface area contributed by atoms with Crippen LogP contribution in [-0.2, 0) is 38.2 Å². The quantitative estimate of drug-likeness (QED) is 0.0338. The number of amides is 8. The summed E-state index contributed by atoms with van der Waals surface area (Å²) in [6.45, 7) is 13.8. The van der Waals surface area contributed by atoms with Crippen molar-refractivity contribution in [2.45, 2.75) is 130 Å². The van der Waals surface area contributed by atoms with Gasteiger partial charge in [-0.3, -0.25) is 53.4 Å². The van der Waals surface area contributed by atoms with Gasteiger partial charge in [0, 0.05) is 77.3 Å². The molecule has 21 nitrogen and oxygen atoms in total. The van der Waals surface area contributed by atoms with Crippen molar-refractivity contribution in [2.75, 3.05) is 53.3 Å². The highest BCUT2D eigenvalue weighted by Crippen LogP contribution is 2.29. The Bertz CT molecular complexity index is 2400. The van der Waals surface area contributed by atoms with Crippen molar-refractivity contribution in [3.05, 3.63) is 81.4 Å². The number of nitrogens with zero attached hydrogens (tertiary/aromatic N) is 6. The lowest BCUT2D eigenvalue weighted by Crippen LogP contribution is -2.55.